The Bertz CT molecular complexity index is 1670. The Labute approximate surface area is 259 Å². The molecule has 10 heteroatoms. The molecule has 3 amide bonds. The lowest BCUT2D eigenvalue weighted by atomic mass is 10.1. The van der Waals surface area contributed by atoms with Gasteiger partial charge in [0, 0.05) is 27.9 Å². The lowest BCUT2D eigenvalue weighted by Crippen LogP contribution is -2.30. The Kier molecular flexibility index (Phi) is 9.83. The molecule has 44 heavy (non-hydrogen) atoms. The molecule has 4 aromatic carbocycles. The van der Waals surface area contributed by atoms with E-state index in [1.54, 1.807) is 105 Å². The van der Waals surface area contributed by atoms with Crippen molar-refractivity contribution in [2.75, 3.05) is 31.0 Å². The molecule has 0 fully saturated rings. The molecule has 224 valence electrons. The Morgan fingerprint density at radius 1 is 0.818 bits per heavy atom. The van der Waals surface area contributed by atoms with Gasteiger partial charge < -0.3 is 30.2 Å². The quantitative estimate of drug-likeness (QED) is 0.149. The molecule has 0 spiro atoms. The van der Waals surface area contributed by atoms with E-state index in [1.807, 2.05) is 12.1 Å². The van der Waals surface area contributed by atoms with Crippen LogP contribution in [0.1, 0.15) is 22.8 Å². The van der Waals surface area contributed by atoms with Crippen LogP contribution in [-0.4, -0.2) is 43.3 Å². The van der Waals surface area contributed by atoms with Crippen LogP contribution in [0.3, 0.4) is 0 Å². The first-order chi connectivity index (χ1) is 21.4. The molecule has 1 unspecified atom stereocenters. The predicted molar refractivity (Wildman–Crippen MR) is 171 cm³/mol. The summed E-state index contributed by atoms with van der Waals surface area (Å²) >= 11 is 1.35. The first-order valence-electron chi connectivity index (χ1n) is 13.9. The van der Waals surface area contributed by atoms with Crippen LogP contribution < -0.4 is 30.2 Å². The third-order valence-corrected chi connectivity index (χ3v) is 7.63. The van der Waals surface area contributed by atoms with Crippen molar-refractivity contribution in [3.8, 4) is 17.2 Å². The van der Waals surface area contributed by atoms with Gasteiger partial charge in [0.1, 0.15) is 24.7 Å². The number of hydrogen-bond donors (Lipinski definition) is 3. The number of benzene rings is 4. The fraction of sp³-hybridized carbons (Fsp3) is 0.147. The van der Waals surface area contributed by atoms with Crippen LogP contribution in [0.15, 0.2) is 108 Å². The third kappa shape index (κ3) is 7.99. The summed E-state index contributed by atoms with van der Waals surface area (Å²) in [5, 5.41) is 8.08. The maximum atomic E-state index is 13.4. The number of nitrogens with one attached hydrogen (secondary N) is 3. The average molecular weight is 610 g/mol. The number of thioether (sulfide) groups is 1. The third-order valence-electron chi connectivity index (χ3n) is 6.54. The van der Waals surface area contributed by atoms with Crippen molar-refractivity contribution in [1.82, 2.24) is 5.32 Å². The highest BCUT2D eigenvalue weighted by molar-refractivity contribution is 8.00. The minimum Gasteiger partial charge on any atom is -0.497 e. The number of hydrogen-bond acceptors (Lipinski definition) is 7. The largest absolute Gasteiger partial charge is 0.497 e. The second kappa shape index (κ2) is 14.3. The van der Waals surface area contributed by atoms with Crippen LogP contribution >= 0.6 is 11.8 Å². The van der Waals surface area contributed by atoms with E-state index in [2.05, 4.69) is 16.0 Å². The molecule has 5 rings (SSSR count). The summed E-state index contributed by atoms with van der Waals surface area (Å²) in [5.41, 5.74) is 2.30. The lowest BCUT2D eigenvalue weighted by Gasteiger charge is -2.19. The molecule has 4 aromatic rings. The van der Waals surface area contributed by atoms with E-state index in [-0.39, 0.29) is 11.6 Å². The Hall–Kier alpha value is -5.22. The van der Waals surface area contributed by atoms with Crippen molar-refractivity contribution in [3.05, 3.63) is 114 Å². The van der Waals surface area contributed by atoms with E-state index >= 15 is 0 Å². The molecule has 0 saturated carbocycles. The molecule has 9 nitrogen and oxygen atoms in total. The topological polar surface area (TPSA) is 115 Å². The van der Waals surface area contributed by atoms with Gasteiger partial charge in [0.25, 0.3) is 11.8 Å². The van der Waals surface area contributed by atoms with Crippen LogP contribution in [0.2, 0.25) is 0 Å². The van der Waals surface area contributed by atoms with Crippen LogP contribution in [0.5, 0.6) is 17.2 Å². The number of amides is 3. The van der Waals surface area contributed by atoms with Crippen LogP contribution in [0, 0.1) is 0 Å². The van der Waals surface area contributed by atoms with Gasteiger partial charge in [-0.05, 0) is 73.2 Å². The lowest BCUT2D eigenvalue weighted by molar-refractivity contribution is -0.115. The average Bonchev–Trinajstić information content (AvgIpc) is 3.05. The molecule has 0 radical (unpaired) electrons. The summed E-state index contributed by atoms with van der Waals surface area (Å²) in [5.74, 6) is 0.814. The molecule has 0 saturated heterocycles. The van der Waals surface area contributed by atoms with Crippen molar-refractivity contribution in [2.24, 2.45) is 0 Å². The number of fused-ring (bicyclic) bond motifs is 1. The van der Waals surface area contributed by atoms with Crippen LogP contribution in [0.4, 0.5) is 11.4 Å². The summed E-state index contributed by atoms with van der Waals surface area (Å²) in [6.45, 7) is 2.76. The number of ether oxygens (including phenoxy) is 3. The molecule has 0 bridgehead atoms. The van der Waals surface area contributed by atoms with Crippen molar-refractivity contribution in [1.29, 1.82) is 0 Å². The van der Waals surface area contributed by atoms with Crippen molar-refractivity contribution in [2.45, 2.75) is 17.1 Å². The van der Waals surface area contributed by atoms with E-state index in [4.69, 9.17) is 14.2 Å². The maximum absolute atomic E-state index is 13.4. The molecule has 1 aliphatic rings. The fourth-order valence-corrected chi connectivity index (χ4v) is 5.20. The van der Waals surface area contributed by atoms with Crippen LogP contribution in [0.25, 0.3) is 6.08 Å². The summed E-state index contributed by atoms with van der Waals surface area (Å²) < 4.78 is 16.4. The van der Waals surface area contributed by atoms with Crippen LogP contribution in [-0.2, 0) is 9.59 Å². The monoisotopic (exact) mass is 609 g/mol. The van der Waals surface area contributed by atoms with Gasteiger partial charge in [0.15, 0.2) is 11.5 Å². The number of carbonyl (C=O) groups is 3. The molecule has 1 heterocycles. The predicted octanol–water partition coefficient (Wildman–Crippen LogP) is 6.00. The van der Waals surface area contributed by atoms with Gasteiger partial charge in [0.2, 0.25) is 5.91 Å². The van der Waals surface area contributed by atoms with Crippen molar-refractivity contribution < 1.29 is 28.6 Å². The zero-order chi connectivity index (χ0) is 30.9. The highest BCUT2D eigenvalue weighted by Crippen LogP contribution is 2.33. The second-order valence-corrected chi connectivity index (χ2v) is 11.2. The van der Waals surface area contributed by atoms with Gasteiger partial charge >= 0.3 is 0 Å². The first-order valence-corrected chi connectivity index (χ1v) is 14.8. The van der Waals surface area contributed by atoms with E-state index in [0.717, 1.165) is 4.90 Å². The Balaban J connectivity index is 1.27. The van der Waals surface area contributed by atoms with E-state index in [0.29, 0.717) is 53.0 Å². The van der Waals surface area contributed by atoms with Gasteiger partial charge in [0.05, 0.1) is 12.4 Å². The Morgan fingerprint density at radius 2 is 1.55 bits per heavy atom. The zero-order valence-corrected chi connectivity index (χ0v) is 25.0. The molecular formula is C34H31N3O6S. The van der Waals surface area contributed by atoms with Gasteiger partial charge in [-0.15, -0.1) is 11.8 Å². The Morgan fingerprint density at radius 3 is 2.30 bits per heavy atom. The van der Waals surface area contributed by atoms with Gasteiger partial charge in [-0.3, -0.25) is 14.4 Å². The summed E-state index contributed by atoms with van der Waals surface area (Å²) in [6, 6.07) is 28.2. The first kappa shape index (κ1) is 30.2. The van der Waals surface area contributed by atoms with E-state index in [9.17, 15) is 14.4 Å². The SMILES string of the molecule is COc1ccc(/C=C(/NC(=O)c2ccccc2)C(=O)Nc2cccc(SC(C)C(=O)Nc3ccc4c(c3)OCCO4)c2)cc1. The maximum Gasteiger partial charge on any atom is 0.272 e. The van der Waals surface area contributed by atoms with E-state index in [1.165, 1.54) is 11.8 Å². The number of methoxy groups -OCH3 is 1. The minimum atomic E-state index is -0.503. The van der Waals surface area contributed by atoms with Gasteiger partial charge in [-0.2, -0.15) is 0 Å². The minimum absolute atomic E-state index is 0.0641. The summed E-state index contributed by atoms with van der Waals surface area (Å²) in [7, 11) is 1.57. The number of rotatable bonds is 10. The zero-order valence-electron chi connectivity index (χ0n) is 24.2. The standard InChI is InChI=1S/C34H31N3O6S/c1-22(32(38)35-26-13-16-30-31(21-26)43-18-17-42-30)44-28-10-6-9-25(20-28)36-34(40)29(19-23-11-14-27(41-2)15-12-23)37-33(39)24-7-4-3-5-8-24/h3-16,19-22H,17-18H2,1-2H3,(H,35,38)(H,36,40)(H,37,39)/b29-19+. The molecule has 3 N–H and O–H groups in total. The highest BCUT2D eigenvalue weighted by atomic mass is 32.2. The highest BCUT2D eigenvalue weighted by Gasteiger charge is 2.19. The van der Waals surface area contributed by atoms with Crippen molar-refractivity contribution in [3.63, 3.8) is 0 Å². The summed E-state index contributed by atoms with van der Waals surface area (Å²) in [6.07, 6.45) is 1.60. The molecular weight excluding hydrogens is 578 g/mol. The summed E-state index contributed by atoms with van der Waals surface area (Å²) in [4.78, 5) is 40.1. The number of anilines is 2. The molecule has 0 aromatic heterocycles. The molecule has 1 atom stereocenters. The van der Waals surface area contributed by atoms with Gasteiger partial charge in [-0.25, -0.2) is 0 Å². The second-order valence-electron chi connectivity index (χ2n) is 9.74. The molecule has 1 aliphatic heterocycles. The number of carbonyl (C=O) groups excluding carboxylic acids is 3. The smallest absolute Gasteiger partial charge is 0.272 e. The normalized spacial score (nSPS) is 12.9. The fourth-order valence-electron chi connectivity index (χ4n) is 4.28. The molecule has 0 aliphatic carbocycles. The van der Waals surface area contributed by atoms with Gasteiger partial charge in [-0.1, -0.05) is 36.4 Å². The van der Waals surface area contributed by atoms with E-state index < -0.39 is 17.1 Å². The van der Waals surface area contributed by atoms with Crippen molar-refractivity contribution >= 4 is 46.9 Å².